The van der Waals surface area contributed by atoms with Crippen molar-refractivity contribution in [2.24, 2.45) is 0 Å². The van der Waals surface area contributed by atoms with Crippen LogP contribution in [0.15, 0.2) is 11.4 Å². The van der Waals surface area contributed by atoms with Crippen molar-refractivity contribution in [1.29, 1.82) is 0 Å². The summed E-state index contributed by atoms with van der Waals surface area (Å²) in [5, 5.41) is 13.1. The molecule has 1 N–H and O–H groups in total. The first kappa shape index (κ1) is 10.8. The minimum absolute atomic E-state index is 0.347. The molecule has 1 aliphatic heterocycles. The van der Waals surface area contributed by atoms with Crippen LogP contribution in [0.3, 0.4) is 0 Å². The normalized spacial score (nSPS) is 24.9. The van der Waals surface area contributed by atoms with Crippen molar-refractivity contribution in [2.45, 2.75) is 30.6 Å². The quantitative estimate of drug-likeness (QED) is 0.861. The highest BCUT2D eigenvalue weighted by Gasteiger charge is 2.25. The summed E-state index contributed by atoms with van der Waals surface area (Å²) in [4.78, 5) is 0.936. The van der Waals surface area contributed by atoms with E-state index in [9.17, 15) is 5.11 Å². The second-order valence-electron chi connectivity index (χ2n) is 3.48. The van der Waals surface area contributed by atoms with E-state index in [1.807, 2.05) is 23.2 Å². The molecule has 0 amide bonds. The van der Waals surface area contributed by atoms with Crippen LogP contribution in [-0.2, 0) is 0 Å². The van der Waals surface area contributed by atoms with E-state index in [-0.39, 0.29) is 6.10 Å². The van der Waals surface area contributed by atoms with Crippen LogP contribution in [0.1, 0.15) is 30.2 Å². The second-order valence-corrected chi connectivity index (χ2v) is 6.18. The highest BCUT2D eigenvalue weighted by atomic mass is 35.5. The average molecular weight is 249 g/mol. The van der Waals surface area contributed by atoms with E-state index < -0.39 is 0 Å². The zero-order chi connectivity index (χ0) is 9.97. The molecule has 2 atom stereocenters. The van der Waals surface area contributed by atoms with E-state index in [4.69, 9.17) is 11.6 Å². The molecule has 0 aromatic carbocycles. The molecule has 0 aliphatic carbocycles. The molecule has 1 aromatic rings. The minimum atomic E-state index is -0.368. The summed E-state index contributed by atoms with van der Waals surface area (Å²) in [5.74, 6) is 1.17. The number of aliphatic hydroxyl groups excluding tert-OH is 1. The molecule has 78 valence electrons. The fraction of sp³-hybridized carbons (Fsp3) is 0.600. The molecular weight excluding hydrogens is 236 g/mol. The topological polar surface area (TPSA) is 20.2 Å². The Labute approximate surface area is 97.5 Å². The lowest BCUT2D eigenvalue weighted by atomic mass is 10.1. The van der Waals surface area contributed by atoms with E-state index in [0.717, 1.165) is 11.3 Å². The third kappa shape index (κ3) is 2.27. The van der Waals surface area contributed by atoms with Gasteiger partial charge in [0.2, 0.25) is 0 Å². The number of thiophene rings is 1. The van der Waals surface area contributed by atoms with Crippen LogP contribution in [0.5, 0.6) is 0 Å². The van der Waals surface area contributed by atoms with E-state index in [2.05, 4.69) is 0 Å². The predicted molar refractivity (Wildman–Crippen MR) is 64.4 cm³/mol. The van der Waals surface area contributed by atoms with E-state index >= 15 is 0 Å². The molecule has 0 radical (unpaired) electrons. The van der Waals surface area contributed by atoms with Crippen molar-refractivity contribution >= 4 is 34.7 Å². The first-order valence-electron chi connectivity index (χ1n) is 4.81. The number of aliphatic hydroxyl groups is 1. The molecule has 4 heteroatoms. The van der Waals surface area contributed by atoms with Gasteiger partial charge in [0.05, 0.1) is 9.90 Å². The molecular formula is C10H13ClOS2. The van der Waals surface area contributed by atoms with Gasteiger partial charge in [-0.3, -0.25) is 0 Å². The maximum Gasteiger partial charge on any atom is 0.101 e. The molecule has 0 spiro atoms. The van der Waals surface area contributed by atoms with Gasteiger partial charge in [-0.05, 0) is 30.0 Å². The highest BCUT2D eigenvalue weighted by Crippen LogP contribution is 2.39. The van der Waals surface area contributed by atoms with Gasteiger partial charge in [0, 0.05) is 5.25 Å². The predicted octanol–water partition coefficient (Wildman–Crippen LogP) is 3.72. The van der Waals surface area contributed by atoms with Gasteiger partial charge in [0.15, 0.2) is 0 Å². The van der Waals surface area contributed by atoms with Crippen molar-refractivity contribution in [3.63, 3.8) is 0 Å². The van der Waals surface area contributed by atoms with Gasteiger partial charge in [-0.2, -0.15) is 11.8 Å². The summed E-state index contributed by atoms with van der Waals surface area (Å²) in [7, 11) is 0. The molecule has 2 rings (SSSR count). The van der Waals surface area contributed by atoms with Crippen molar-refractivity contribution in [2.75, 3.05) is 5.75 Å². The van der Waals surface area contributed by atoms with Gasteiger partial charge in [-0.25, -0.2) is 0 Å². The lowest BCUT2D eigenvalue weighted by Gasteiger charge is -2.25. The summed E-state index contributed by atoms with van der Waals surface area (Å²) < 4.78 is 0. The Bertz CT molecular complexity index is 294. The first-order chi connectivity index (χ1) is 6.79. The Kier molecular flexibility index (Phi) is 3.77. The SMILES string of the molecule is OC(c1sccc1Cl)C1CCCCS1. The Morgan fingerprint density at radius 2 is 2.36 bits per heavy atom. The second kappa shape index (κ2) is 4.88. The summed E-state index contributed by atoms with van der Waals surface area (Å²) >= 11 is 9.43. The molecule has 1 nitrogen and oxygen atoms in total. The highest BCUT2D eigenvalue weighted by molar-refractivity contribution is 8.00. The summed E-state index contributed by atoms with van der Waals surface area (Å²) in [6, 6.07) is 1.86. The smallest absolute Gasteiger partial charge is 0.101 e. The fourth-order valence-electron chi connectivity index (χ4n) is 1.70. The number of thioether (sulfide) groups is 1. The summed E-state index contributed by atoms with van der Waals surface area (Å²) in [5.41, 5.74) is 0. The number of hydrogen-bond donors (Lipinski definition) is 1. The largest absolute Gasteiger partial charge is 0.386 e. The zero-order valence-corrected chi connectivity index (χ0v) is 10.2. The number of rotatable bonds is 2. The molecule has 0 saturated carbocycles. The molecule has 0 bridgehead atoms. The van der Waals surface area contributed by atoms with Crippen LogP contribution >= 0.6 is 34.7 Å². The monoisotopic (exact) mass is 248 g/mol. The lowest BCUT2D eigenvalue weighted by molar-refractivity contribution is 0.172. The molecule has 1 aliphatic rings. The molecule has 14 heavy (non-hydrogen) atoms. The van der Waals surface area contributed by atoms with Crippen LogP contribution < -0.4 is 0 Å². The average Bonchev–Trinajstić information content (AvgIpc) is 2.65. The molecule has 2 unspecified atom stereocenters. The van der Waals surface area contributed by atoms with E-state index in [1.54, 1.807) is 11.3 Å². The molecule has 2 heterocycles. The van der Waals surface area contributed by atoms with Crippen LogP contribution in [0, 0.1) is 0 Å². The van der Waals surface area contributed by atoms with Gasteiger partial charge in [-0.1, -0.05) is 18.0 Å². The number of halogens is 1. The van der Waals surface area contributed by atoms with Crippen LogP contribution in [0.2, 0.25) is 5.02 Å². The van der Waals surface area contributed by atoms with E-state index in [0.29, 0.717) is 10.3 Å². The van der Waals surface area contributed by atoms with Crippen molar-refractivity contribution in [3.05, 3.63) is 21.3 Å². The Hall–Kier alpha value is 0.300. The standard InChI is InChI=1S/C10H13ClOS2/c11-7-4-6-14-10(7)9(12)8-3-1-2-5-13-8/h4,6,8-9,12H,1-3,5H2. The maximum atomic E-state index is 10.1. The summed E-state index contributed by atoms with van der Waals surface area (Å²) in [6.07, 6.45) is 3.26. The number of hydrogen-bond acceptors (Lipinski definition) is 3. The lowest BCUT2D eigenvalue weighted by Crippen LogP contribution is -2.18. The molecule has 1 saturated heterocycles. The van der Waals surface area contributed by atoms with Gasteiger partial charge in [0.25, 0.3) is 0 Å². The molecule has 1 fully saturated rings. The van der Waals surface area contributed by atoms with E-state index in [1.165, 1.54) is 18.6 Å². The Balaban J connectivity index is 2.07. The van der Waals surface area contributed by atoms with Gasteiger partial charge in [0.1, 0.15) is 6.10 Å². The van der Waals surface area contributed by atoms with Gasteiger partial charge in [-0.15, -0.1) is 11.3 Å². The summed E-state index contributed by atoms with van der Waals surface area (Å²) in [6.45, 7) is 0. The fourth-order valence-corrected chi connectivity index (χ4v) is 4.33. The Morgan fingerprint density at radius 1 is 1.50 bits per heavy atom. The van der Waals surface area contributed by atoms with Crippen LogP contribution in [0.4, 0.5) is 0 Å². The third-order valence-corrected chi connectivity index (χ3v) is 5.36. The minimum Gasteiger partial charge on any atom is -0.386 e. The van der Waals surface area contributed by atoms with Crippen molar-refractivity contribution < 1.29 is 5.11 Å². The first-order valence-corrected chi connectivity index (χ1v) is 7.12. The molecule has 1 aromatic heterocycles. The van der Waals surface area contributed by atoms with Crippen molar-refractivity contribution in [1.82, 2.24) is 0 Å². The Morgan fingerprint density at radius 3 is 2.93 bits per heavy atom. The zero-order valence-electron chi connectivity index (χ0n) is 7.78. The van der Waals surface area contributed by atoms with Gasteiger partial charge >= 0.3 is 0 Å². The van der Waals surface area contributed by atoms with Crippen molar-refractivity contribution in [3.8, 4) is 0 Å². The maximum absolute atomic E-state index is 10.1. The third-order valence-electron chi connectivity index (χ3n) is 2.48. The van der Waals surface area contributed by atoms with Gasteiger partial charge < -0.3 is 5.11 Å². The van der Waals surface area contributed by atoms with Crippen LogP contribution in [0.25, 0.3) is 0 Å². The van der Waals surface area contributed by atoms with Crippen LogP contribution in [-0.4, -0.2) is 16.1 Å².